The largest absolute Gasteiger partial charge is 0.491 e. The van der Waals surface area contributed by atoms with Gasteiger partial charge in [-0.1, -0.05) is 36.4 Å². The number of fused-ring (bicyclic) bond motifs is 1. The van der Waals surface area contributed by atoms with Crippen molar-refractivity contribution in [3.05, 3.63) is 102 Å². The Balaban J connectivity index is 1.41. The lowest BCUT2D eigenvalue weighted by atomic mass is 10.1. The third-order valence-corrected chi connectivity index (χ3v) is 5.83. The van der Waals surface area contributed by atoms with Gasteiger partial charge in [0.2, 0.25) is 0 Å². The van der Waals surface area contributed by atoms with E-state index >= 15 is 0 Å². The Kier molecular flexibility index (Phi) is 8.32. The molecule has 4 rings (SSSR count). The molecule has 0 saturated carbocycles. The van der Waals surface area contributed by atoms with Gasteiger partial charge in [0.15, 0.2) is 0 Å². The van der Waals surface area contributed by atoms with Gasteiger partial charge < -0.3 is 19.7 Å². The number of hydrogen-bond donors (Lipinski definition) is 1. The monoisotopic (exact) mass is 482 g/mol. The summed E-state index contributed by atoms with van der Waals surface area (Å²) in [6.45, 7) is 6.07. The van der Waals surface area contributed by atoms with E-state index in [1.165, 1.54) is 0 Å². The smallest absolute Gasteiger partial charge is 0.258 e. The SMILES string of the molecule is CCOCCOc1ccc(C(=O)Nc2ccc(C(=O)N(CC)c3cccc4ccccc34)cc2)cc1. The number of rotatable bonds is 10. The van der Waals surface area contributed by atoms with Crippen LogP contribution in [-0.4, -0.2) is 38.2 Å². The van der Waals surface area contributed by atoms with E-state index in [0.29, 0.717) is 48.9 Å². The molecule has 0 fully saturated rings. The number of nitrogens with one attached hydrogen (secondary N) is 1. The Labute approximate surface area is 211 Å². The zero-order valence-electron chi connectivity index (χ0n) is 20.6. The van der Waals surface area contributed by atoms with E-state index in [-0.39, 0.29) is 11.8 Å². The normalized spacial score (nSPS) is 10.7. The van der Waals surface area contributed by atoms with Crippen molar-refractivity contribution in [1.82, 2.24) is 0 Å². The molecule has 36 heavy (non-hydrogen) atoms. The van der Waals surface area contributed by atoms with Crippen molar-refractivity contribution in [3.8, 4) is 5.75 Å². The summed E-state index contributed by atoms with van der Waals surface area (Å²) >= 11 is 0. The van der Waals surface area contributed by atoms with Gasteiger partial charge in [-0.05, 0) is 73.8 Å². The van der Waals surface area contributed by atoms with Gasteiger partial charge in [0, 0.05) is 35.4 Å². The van der Waals surface area contributed by atoms with Crippen LogP contribution in [0.3, 0.4) is 0 Å². The van der Waals surface area contributed by atoms with Crippen molar-refractivity contribution in [1.29, 1.82) is 0 Å². The van der Waals surface area contributed by atoms with Crippen LogP contribution in [0.4, 0.5) is 11.4 Å². The first-order chi connectivity index (χ1) is 17.6. The molecule has 0 spiro atoms. The van der Waals surface area contributed by atoms with Gasteiger partial charge in [0.05, 0.1) is 12.3 Å². The molecule has 4 aromatic rings. The van der Waals surface area contributed by atoms with Crippen LogP contribution < -0.4 is 15.0 Å². The quantitative estimate of drug-likeness (QED) is 0.274. The Morgan fingerprint density at radius 3 is 2.19 bits per heavy atom. The van der Waals surface area contributed by atoms with Crippen molar-refractivity contribution < 1.29 is 19.1 Å². The fourth-order valence-corrected chi connectivity index (χ4v) is 3.99. The molecule has 0 heterocycles. The first kappa shape index (κ1) is 24.9. The zero-order valence-corrected chi connectivity index (χ0v) is 20.6. The van der Waals surface area contributed by atoms with Crippen molar-refractivity contribution in [2.24, 2.45) is 0 Å². The third kappa shape index (κ3) is 5.90. The molecular formula is C30H30N2O4. The zero-order chi connectivity index (χ0) is 25.3. The molecule has 0 aliphatic rings. The number of ether oxygens (including phenoxy) is 2. The molecule has 0 radical (unpaired) electrons. The van der Waals surface area contributed by atoms with Crippen LogP contribution in [0.5, 0.6) is 5.75 Å². The minimum atomic E-state index is -0.235. The first-order valence-corrected chi connectivity index (χ1v) is 12.1. The van der Waals surface area contributed by atoms with E-state index in [1.807, 2.05) is 56.3 Å². The number of hydrogen-bond acceptors (Lipinski definition) is 4. The van der Waals surface area contributed by atoms with Crippen molar-refractivity contribution >= 4 is 34.0 Å². The number of nitrogens with zero attached hydrogens (tertiary/aromatic N) is 1. The molecule has 2 amide bonds. The second-order valence-electron chi connectivity index (χ2n) is 8.15. The van der Waals surface area contributed by atoms with Crippen LogP contribution in [0, 0.1) is 0 Å². The molecule has 6 heteroatoms. The summed E-state index contributed by atoms with van der Waals surface area (Å²) in [5.74, 6) is 0.355. The number of anilines is 2. The summed E-state index contributed by atoms with van der Waals surface area (Å²) in [6.07, 6.45) is 0. The predicted molar refractivity (Wildman–Crippen MR) is 144 cm³/mol. The summed E-state index contributed by atoms with van der Waals surface area (Å²) in [5, 5.41) is 5.00. The minimum absolute atomic E-state index is 0.0911. The number of carbonyl (C=O) groups excluding carboxylic acids is 2. The second-order valence-corrected chi connectivity index (χ2v) is 8.15. The molecular weight excluding hydrogens is 452 g/mol. The molecule has 0 saturated heterocycles. The van der Waals surface area contributed by atoms with E-state index in [2.05, 4.69) is 5.32 Å². The van der Waals surface area contributed by atoms with Crippen LogP contribution in [0.25, 0.3) is 10.8 Å². The Hall–Kier alpha value is -4.16. The Morgan fingerprint density at radius 2 is 1.47 bits per heavy atom. The van der Waals surface area contributed by atoms with Crippen LogP contribution in [0.1, 0.15) is 34.6 Å². The van der Waals surface area contributed by atoms with E-state index in [0.717, 1.165) is 16.5 Å². The van der Waals surface area contributed by atoms with Crippen LogP contribution in [0.2, 0.25) is 0 Å². The number of benzene rings is 4. The number of carbonyl (C=O) groups is 2. The van der Waals surface area contributed by atoms with Gasteiger partial charge in [-0.15, -0.1) is 0 Å². The molecule has 0 aliphatic heterocycles. The average Bonchev–Trinajstić information content (AvgIpc) is 2.92. The van der Waals surface area contributed by atoms with E-state index < -0.39 is 0 Å². The molecule has 0 bridgehead atoms. The van der Waals surface area contributed by atoms with Gasteiger partial charge >= 0.3 is 0 Å². The van der Waals surface area contributed by atoms with Crippen LogP contribution >= 0.6 is 0 Å². The van der Waals surface area contributed by atoms with E-state index in [4.69, 9.17) is 9.47 Å². The maximum atomic E-state index is 13.3. The maximum Gasteiger partial charge on any atom is 0.258 e. The molecule has 0 aromatic heterocycles. The highest BCUT2D eigenvalue weighted by Gasteiger charge is 2.18. The third-order valence-electron chi connectivity index (χ3n) is 5.83. The van der Waals surface area contributed by atoms with Gasteiger partial charge in [-0.3, -0.25) is 9.59 Å². The molecule has 0 aliphatic carbocycles. The lowest BCUT2D eigenvalue weighted by Crippen LogP contribution is -2.30. The molecule has 6 nitrogen and oxygen atoms in total. The highest BCUT2D eigenvalue weighted by molar-refractivity contribution is 6.11. The van der Waals surface area contributed by atoms with Crippen molar-refractivity contribution in [3.63, 3.8) is 0 Å². The molecule has 0 atom stereocenters. The van der Waals surface area contributed by atoms with E-state index in [9.17, 15) is 9.59 Å². The first-order valence-electron chi connectivity index (χ1n) is 12.1. The lowest BCUT2D eigenvalue weighted by Gasteiger charge is -2.23. The van der Waals surface area contributed by atoms with E-state index in [1.54, 1.807) is 53.4 Å². The Bertz CT molecular complexity index is 1310. The standard InChI is InChI=1S/C30H30N2O4/c1-3-32(28-11-7-9-22-8-5-6-10-27(22)28)30(34)24-12-16-25(17-13-24)31-29(33)23-14-18-26(19-15-23)36-21-20-35-4-2/h5-19H,3-4,20-21H2,1-2H3,(H,31,33). The predicted octanol–water partition coefficient (Wildman–Crippen LogP) is 6.17. The molecule has 1 N–H and O–H groups in total. The van der Waals surface area contributed by atoms with Gasteiger partial charge in [0.25, 0.3) is 11.8 Å². The summed E-state index contributed by atoms with van der Waals surface area (Å²) in [5.41, 5.74) is 2.56. The fourth-order valence-electron chi connectivity index (χ4n) is 3.99. The lowest BCUT2D eigenvalue weighted by molar-refractivity contribution is 0.0987. The Morgan fingerprint density at radius 1 is 0.778 bits per heavy atom. The second kappa shape index (κ2) is 12.0. The van der Waals surface area contributed by atoms with Crippen LogP contribution in [0.15, 0.2) is 91.0 Å². The maximum absolute atomic E-state index is 13.3. The highest BCUT2D eigenvalue weighted by Crippen LogP contribution is 2.28. The van der Waals surface area contributed by atoms with Gasteiger partial charge in [-0.25, -0.2) is 0 Å². The minimum Gasteiger partial charge on any atom is -0.491 e. The summed E-state index contributed by atoms with van der Waals surface area (Å²) in [7, 11) is 0. The molecule has 4 aromatic carbocycles. The summed E-state index contributed by atoms with van der Waals surface area (Å²) < 4.78 is 10.8. The van der Waals surface area contributed by atoms with Crippen molar-refractivity contribution in [2.75, 3.05) is 36.6 Å². The fraction of sp³-hybridized carbons (Fsp3) is 0.200. The van der Waals surface area contributed by atoms with Crippen molar-refractivity contribution in [2.45, 2.75) is 13.8 Å². The molecule has 0 unspecified atom stereocenters. The van der Waals surface area contributed by atoms with Gasteiger partial charge in [0.1, 0.15) is 12.4 Å². The summed E-state index contributed by atoms with van der Waals surface area (Å²) in [6, 6.07) is 27.9. The topological polar surface area (TPSA) is 67.9 Å². The van der Waals surface area contributed by atoms with Crippen LogP contribution in [-0.2, 0) is 4.74 Å². The molecule has 184 valence electrons. The number of amides is 2. The average molecular weight is 483 g/mol. The summed E-state index contributed by atoms with van der Waals surface area (Å²) in [4.78, 5) is 27.8. The van der Waals surface area contributed by atoms with Gasteiger partial charge in [-0.2, -0.15) is 0 Å². The highest BCUT2D eigenvalue weighted by atomic mass is 16.5.